The summed E-state index contributed by atoms with van der Waals surface area (Å²) >= 11 is 6.93. The molecule has 1 N–H and O–H groups in total. The minimum Gasteiger partial charge on any atom is -0.352 e. The van der Waals surface area contributed by atoms with Gasteiger partial charge in [0.25, 0.3) is 0 Å². The molecule has 3 rings (SSSR count). The quantitative estimate of drug-likeness (QED) is 0.859. The third kappa shape index (κ3) is 4.73. The zero-order valence-corrected chi connectivity index (χ0v) is 15.0. The largest absolute Gasteiger partial charge is 0.395 e. The van der Waals surface area contributed by atoms with Gasteiger partial charge in [-0.05, 0) is 43.0 Å². The summed E-state index contributed by atoms with van der Waals surface area (Å²) in [5.74, 6) is -0.200. The average Bonchev–Trinajstić information content (AvgIpc) is 2.99. The van der Waals surface area contributed by atoms with Crippen molar-refractivity contribution in [2.24, 2.45) is 0 Å². The number of nitrogens with one attached hydrogen (secondary N) is 1. The van der Waals surface area contributed by atoms with Crippen molar-refractivity contribution in [2.75, 3.05) is 0 Å². The highest BCUT2D eigenvalue weighted by Crippen LogP contribution is 2.27. The maximum atomic E-state index is 12.5. The molecule has 0 saturated heterocycles. The Morgan fingerprint density at radius 1 is 1.36 bits per heavy atom. The van der Waals surface area contributed by atoms with Crippen LogP contribution in [0.3, 0.4) is 0 Å². The number of hydrogen-bond acceptors (Lipinski definition) is 3. The minimum atomic E-state index is -4.29. The fourth-order valence-corrected chi connectivity index (χ4v) is 4.31. The fraction of sp³-hybridized carbons (Fsp3) is 0.412. The molecule has 1 unspecified atom stereocenters. The van der Waals surface area contributed by atoms with Gasteiger partial charge in [0.2, 0.25) is 5.91 Å². The van der Waals surface area contributed by atoms with Gasteiger partial charge in [0.1, 0.15) is 5.01 Å². The Bertz CT molecular complexity index is 804. The number of alkyl halides is 3. The molecule has 2 aromatic rings. The predicted molar refractivity (Wildman–Crippen MR) is 91.1 cm³/mol. The number of rotatable bonds is 4. The average molecular weight is 389 g/mol. The molecule has 0 spiro atoms. The summed E-state index contributed by atoms with van der Waals surface area (Å²) in [6.07, 6.45) is -3.85. The Kier molecular flexibility index (Phi) is 5.06. The lowest BCUT2D eigenvalue weighted by atomic mass is 10.1. The Labute approximate surface area is 152 Å². The fourth-order valence-electron chi connectivity index (χ4n) is 3.01. The maximum Gasteiger partial charge on any atom is 0.395 e. The number of benzene rings is 1. The predicted octanol–water partition coefficient (Wildman–Crippen LogP) is 4.04. The second kappa shape index (κ2) is 6.96. The standard InChI is InChI=1S/C17H16ClF3N2OS/c1-9-14(25-16(22-9)8-17(19,20)21)7-15(24)23-13-5-10-2-3-12(18)4-11(10)6-13/h2-4,13H,5-8H2,1H3,(H,23,24). The van der Waals surface area contributed by atoms with E-state index in [-0.39, 0.29) is 23.4 Å². The van der Waals surface area contributed by atoms with E-state index in [4.69, 9.17) is 11.6 Å². The number of amides is 1. The van der Waals surface area contributed by atoms with Crippen molar-refractivity contribution in [3.05, 3.63) is 49.9 Å². The first-order valence-corrected chi connectivity index (χ1v) is 8.97. The summed E-state index contributed by atoms with van der Waals surface area (Å²) in [5.41, 5.74) is 2.77. The summed E-state index contributed by atoms with van der Waals surface area (Å²) in [4.78, 5) is 16.8. The second-order valence-corrected chi connectivity index (χ2v) is 7.78. The van der Waals surface area contributed by atoms with Crippen LogP contribution in [0, 0.1) is 6.92 Å². The topological polar surface area (TPSA) is 42.0 Å². The molecular formula is C17H16ClF3N2OS. The Morgan fingerprint density at radius 3 is 2.80 bits per heavy atom. The molecule has 1 aromatic carbocycles. The number of aryl methyl sites for hydroxylation is 1. The van der Waals surface area contributed by atoms with Crippen molar-refractivity contribution >= 4 is 28.8 Å². The molecule has 8 heteroatoms. The highest BCUT2D eigenvalue weighted by atomic mass is 35.5. The first-order valence-electron chi connectivity index (χ1n) is 7.78. The summed E-state index contributed by atoms with van der Waals surface area (Å²) in [7, 11) is 0. The Morgan fingerprint density at radius 2 is 2.08 bits per heavy atom. The lowest BCUT2D eigenvalue weighted by Gasteiger charge is -2.11. The zero-order chi connectivity index (χ0) is 18.2. The molecule has 134 valence electrons. The molecule has 1 atom stereocenters. The number of aromatic nitrogens is 1. The maximum absolute atomic E-state index is 12.5. The lowest BCUT2D eigenvalue weighted by molar-refractivity contribution is -0.127. The van der Waals surface area contributed by atoms with Crippen LogP contribution in [0.15, 0.2) is 18.2 Å². The van der Waals surface area contributed by atoms with Crippen LogP contribution in [-0.2, 0) is 30.5 Å². The van der Waals surface area contributed by atoms with Crippen molar-refractivity contribution in [2.45, 2.75) is 44.8 Å². The van der Waals surface area contributed by atoms with Gasteiger partial charge in [-0.25, -0.2) is 4.98 Å². The van der Waals surface area contributed by atoms with Crippen LogP contribution in [0.1, 0.15) is 26.7 Å². The van der Waals surface area contributed by atoms with Crippen molar-refractivity contribution in [1.82, 2.24) is 10.3 Å². The molecule has 1 heterocycles. The minimum absolute atomic E-state index is 0.00397. The van der Waals surface area contributed by atoms with Gasteiger partial charge in [-0.2, -0.15) is 13.2 Å². The van der Waals surface area contributed by atoms with E-state index in [1.807, 2.05) is 18.2 Å². The van der Waals surface area contributed by atoms with E-state index in [1.54, 1.807) is 6.92 Å². The number of carbonyl (C=O) groups is 1. The molecule has 1 amide bonds. The molecule has 1 aromatic heterocycles. The Balaban J connectivity index is 1.59. The SMILES string of the molecule is Cc1nc(CC(F)(F)F)sc1CC(=O)NC1Cc2ccc(Cl)cc2C1. The highest BCUT2D eigenvalue weighted by Gasteiger charge is 2.30. The lowest BCUT2D eigenvalue weighted by Crippen LogP contribution is -2.36. The first kappa shape index (κ1) is 18.2. The molecule has 0 aliphatic heterocycles. The van der Waals surface area contributed by atoms with Crippen molar-refractivity contribution in [3.63, 3.8) is 0 Å². The Hall–Kier alpha value is -1.60. The van der Waals surface area contributed by atoms with Gasteiger partial charge in [-0.3, -0.25) is 4.79 Å². The second-order valence-electron chi connectivity index (χ2n) is 6.17. The van der Waals surface area contributed by atoms with Crippen LogP contribution in [0.4, 0.5) is 13.2 Å². The van der Waals surface area contributed by atoms with Crippen molar-refractivity contribution in [1.29, 1.82) is 0 Å². The van der Waals surface area contributed by atoms with E-state index < -0.39 is 12.6 Å². The molecule has 0 saturated carbocycles. The third-order valence-electron chi connectivity index (χ3n) is 4.08. The summed E-state index contributed by atoms with van der Waals surface area (Å²) in [6, 6.07) is 5.68. The van der Waals surface area contributed by atoms with Gasteiger partial charge in [0.05, 0.1) is 18.5 Å². The van der Waals surface area contributed by atoms with Crippen LogP contribution in [0.2, 0.25) is 5.02 Å². The molecule has 0 radical (unpaired) electrons. The van der Waals surface area contributed by atoms with Gasteiger partial charge >= 0.3 is 6.18 Å². The highest BCUT2D eigenvalue weighted by molar-refractivity contribution is 7.11. The van der Waals surface area contributed by atoms with Gasteiger partial charge in [0.15, 0.2) is 0 Å². The summed E-state index contributed by atoms with van der Waals surface area (Å²) < 4.78 is 37.4. The summed E-state index contributed by atoms with van der Waals surface area (Å²) in [5, 5.41) is 3.62. The van der Waals surface area contributed by atoms with Crippen LogP contribution >= 0.6 is 22.9 Å². The van der Waals surface area contributed by atoms with Gasteiger partial charge in [-0.1, -0.05) is 17.7 Å². The molecule has 1 aliphatic rings. The zero-order valence-electron chi connectivity index (χ0n) is 13.4. The number of thiazole rings is 1. The number of halogens is 4. The number of carbonyl (C=O) groups excluding carboxylic acids is 1. The van der Waals surface area contributed by atoms with Gasteiger partial charge in [-0.15, -0.1) is 11.3 Å². The van der Waals surface area contributed by atoms with E-state index >= 15 is 0 Å². The molecule has 3 nitrogen and oxygen atoms in total. The van der Waals surface area contributed by atoms with Crippen molar-refractivity contribution in [3.8, 4) is 0 Å². The smallest absolute Gasteiger partial charge is 0.352 e. The van der Waals surface area contributed by atoms with Crippen LogP contribution in [0.5, 0.6) is 0 Å². The number of nitrogens with zero attached hydrogens (tertiary/aromatic N) is 1. The van der Waals surface area contributed by atoms with Gasteiger partial charge < -0.3 is 5.32 Å². The molecular weight excluding hydrogens is 373 g/mol. The van der Waals surface area contributed by atoms with Crippen LogP contribution in [-0.4, -0.2) is 23.1 Å². The van der Waals surface area contributed by atoms with Crippen LogP contribution < -0.4 is 5.32 Å². The number of hydrogen-bond donors (Lipinski definition) is 1. The molecule has 0 bridgehead atoms. The number of fused-ring (bicyclic) bond motifs is 1. The molecule has 0 fully saturated rings. The third-order valence-corrected chi connectivity index (χ3v) is 5.47. The van der Waals surface area contributed by atoms with E-state index in [0.29, 0.717) is 22.0 Å². The monoisotopic (exact) mass is 388 g/mol. The van der Waals surface area contributed by atoms with E-state index in [0.717, 1.165) is 28.9 Å². The van der Waals surface area contributed by atoms with E-state index in [9.17, 15) is 18.0 Å². The first-order chi connectivity index (χ1) is 11.7. The summed E-state index contributed by atoms with van der Waals surface area (Å²) in [6.45, 7) is 1.63. The van der Waals surface area contributed by atoms with Gasteiger partial charge in [0, 0.05) is 15.9 Å². The van der Waals surface area contributed by atoms with E-state index in [1.165, 1.54) is 0 Å². The van der Waals surface area contributed by atoms with Crippen LogP contribution in [0.25, 0.3) is 0 Å². The van der Waals surface area contributed by atoms with E-state index in [2.05, 4.69) is 10.3 Å². The normalized spacial score (nSPS) is 16.8. The molecule has 25 heavy (non-hydrogen) atoms. The molecule has 1 aliphatic carbocycles. The van der Waals surface area contributed by atoms with Crippen molar-refractivity contribution < 1.29 is 18.0 Å².